The summed E-state index contributed by atoms with van der Waals surface area (Å²) in [6.07, 6.45) is 16.8. The number of nitrogens with zero attached hydrogens (tertiary/aromatic N) is 2. The molecule has 1 aromatic heterocycles. The molecule has 0 radical (unpaired) electrons. The molecule has 160 valence electrons. The van der Waals surface area contributed by atoms with Gasteiger partial charge < -0.3 is 15.4 Å². The molecular formula is C23H36N4O2. The third-order valence-corrected chi connectivity index (χ3v) is 5.72. The first-order chi connectivity index (χ1) is 14.3. The Kier molecular flexibility index (Phi) is 9.30. The Hall–Kier alpha value is -2.08. The minimum absolute atomic E-state index is 0.0745. The lowest BCUT2D eigenvalue weighted by molar-refractivity contribution is 0.220. The molecule has 2 aliphatic rings. The second-order valence-electron chi connectivity index (χ2n) is 8.16. The van der Waals surface area contributed by atoms with Gasteiger partial charge in [-0.3, -0.25) is 4.90 Å². The van der Waals surface area contributed by atoms with Gasteiger partial charge in [0.25, 0.3) is 0 Å². The number of aromatic nitrogens is 1. The van der Waals surface area contributed by atoms with Gasteiger partial charge in [-0.1, -0.05) is 38.2 Å². The van der Waals surface area contributed by atoms with Crippen LogP contribution in [0.3, 0.4) is 0 Å². The van der Waals surface area contributed by atoms with Gasteiger partial charge in [-0.05, 0) is 56.5 Å². The van der Waals surface area contributed by atoms with E-state index in [1.807, 2.05) is 24.4 Å². The summed E-state index contributed by atoms with van der Waals surface area (Å²) in [5, 5.41) is 5.98. The Morgan fingerprint density at radius 2 is 1.86 bits per heavy atom. The lowest BCUT2D eigenvalue weighted by Crippen LogP contribution is -2.41. The van der Waals surface area contributed by atoms with E-state index in [1.165, 1.54) is 63.6 Å². The zero-order valence-corrected chi connectivity index (χ0v) is 17.6. The van der Waals surface area contributed by atoms with Crippen molar-refractivity contribution in [1.29, 1.82) is 0 Å². The maximum atomic E-state index is 12.0. The smallest absolute Gasteiger partial charge is 0.315 e. The van der Waals surface area contributed by atoms with Crippen LogP contribution in [0.25, 0.3) is 0 Å². The Balaban J connectivity index is 1.30. The predicted molar refractivity (Wildman–Crippen MR) is 116 cm³/mol. The number of hydrogen-bond acceptors (Lipinski definition) is 4. The molecule has 6 nitrogen and oxygen atoms in total. The molecule has 3 rings (SSSR count). The highest BCUT2D eigenvalue weighted by atomic mass is 16.5. The molecule has 6 heteroatoms. The van der Waals surface area contributed by atoms with E-state index in [0.29, 0.717) is 25.1 Å². The zero-order chi connectivity index (χ0) is 20.2. The highest BCUT2D eigenvalue weighted by Gasteiger charge is 2.14. The average molecular weight is 401 g/mol. The van der Waals surface area contributed by atoms with Gasteiger partial charge in [0.2, 0.25) is 5.88 Å². The molecule has 2 fully saturated rings. The minimum Gasteiger partial charge on any atom is -0.473 e. The van der Waals surface area contributed by atoms with Gasteiger partial charge >= 0.3 is 6.03 Å². The maximum Gasteiger partial charge on any atom is 0.315 e. The van der Waals surface area contributed by atoms with Gasteiger partial charge in [-0.15, -0.1) is 0 Å². The number of likely N-dealkylation sites (tertiary alicyclic amines) is 1. The average Bonchev–Trinajstić information content (AvgIpc) is 3.00. The molecule has 0 bridgehead atoms. The highest BCUT2D eigenvalue weighted by molar-refractivity contribution is 5.74. The number of urea groups is 1. The molecule has 0 spiro atoms. The van der Waals surface area contributed by atoms with Crippen molar-refractivity contribution in [2.24, 2.45) is 0 Å². The molecule has 1 saturated heterocycles. The standard InChI is InChI=1S/C23H36N4O2/c28-23(26-21-10-4-1-2-5-11-21)25-13-6-9-17-29-22-18-20(12-14-24-22)19-27-15-7-3-8-16-27/h6,9,12,14,18,21H,1-5,7-8,10-11,13,15-17,19H2,(H2,25,26,28)/b9-6-. The molecular weight excluding hydrogens is 364 g/mol. The molecule has 29 heavy (non-hydrogen) atoms. The zero-order valence-electron chi connectivity index (χ0n) is 17.6. The lowest BCUT2D eigenvalue weighted by Gasteiger charge is -2.26. The van der Waals surface area contributed by atoms with Crippen LogP contribution < -0.4 is 15.4 Å². The van der Waals surface area contributed by atoms with Crippen LogP contribution >= 0.6 is 0 Å². The van der Waals surface area contributed by atoms with Gasteiger partial charge in [0.15, 0.2) is 0 Å². The van der Waals surface area contributed by atoms with Crippen LogP contribution in [0.1, 0.15) is 63.4 Å². The number of carbonyl (C=O) groups excluding carboxylic acids is 1. The molecule has 1 aliphatic carbocycles. The summed E-state index contributed by atoms with van der Waals surface area (Å²) in [6.45, 7) is 4.29. The molecule has 1 aromatic rings. The molecule has 0 aromatic carbocycles. The van der Waals surface area contributed by atoms with Crippen LogP contribution in [-0.4, -0.2) is 48.2 Å². The third-order valence-electron chi connectivity index (χ3n) is 5.72. The van der Waals surface area contributed by atoms with Gasteiger partial charge in [0.05, 0.1) is 0 Å². The lowest BCUT2D eigenvalue weighted by atomic mass is 10.1. The van der Waals surface area contributed by atoms with Crippen LogP contribution in [0.4, 0.5) is 4.79 Å². The summed E-state index contributed by atoms with van der Waals surface area (Å²) in [7, 11) is 0. The molecule has 1 saturated carbocycles. The molecule has 1 aliphatic heterocycles. The minimum atomic E-state index is -0.0745. The Morgan fingerprint density at radius 1 is 1.10 bits per heavy atom. The fraction of sp³-hybridized carbons (Fsp3) is 0.652. The van der Waals surface area contributed by atoms with Crippen molar-refractivity contribution in [3.63, 3.8) is 0 Å². The van der Waals surface area contributed by atoms with E-state index in [2.05, 4.69) is 26.6 Å². The number of nitrogens with one attached hydrogen (secondary N) is 2. The normalized spacial score (nSPS) is 19.0. The van der Waals surface area contributed by atoms with Crippen LogP contribution in [0.15, 0.2) is 30.5 Å². The topological polar surface area (TPSA) is 66.5 Å². The van der Waals surface area contributed by atoms with Crippen molar-refractivity contribution in [3.8, 4) is 5.88 Å². The molecule has 0 atom stereocenters. The number of rotatable bonds is 8. The number of hydrogen-bond donors (Lipinski definition) is 2. The largest absolute Gasteiger partial charge is 0.473 e. The maximum absolute atomic E-state index is 12.0. The summed E-state index contributed by atoms with van der Waals surface area (Å²) in [5.74, 6) is 0.656. The highest BCUT2D eigenvalue weighted by Crippen LogP contribution is 2.17. The van der Waals surface area contributed by atoms with Crippen molar-refractivity contribution < 1.29 is 9.53 Å². The number of carbonyl (C=O) groups is 1. The number of pyridine rings is 1. The van der Waals surface area contributed by atoms with Crippen molar-refractivity contribution in [2.75, 3.05) is 26.2 Å². The fourth-order valence-electron chi connectivity index (χ4n) is 4.10. The van der Waals surface area contributed by atoms with Gasteiger partial charge in [0, 0.05) is 31.4 Å². The summed E-state index contributed by atoms with van der Waals surface area (Å²) in [6, 6.07) is 4.34. The first-order valence-electron chi connectivity index (χ1n) is 11.3. The second-order valence-corrected chi connectivity index (χ2v) is 8.16. The van der Waals surface area contributed by atoms with Crippen molar-refractivity contribution in [2.45, 2.75) is 70.4 Å². The third kappa shape index (κ3) is 8.44. The van der Waals surface area contributed by atoms with E-state index >= 15 is 0 Å². The van der Waals surface area contributed by atoms with Gasteiger partial charge in [-0.2, -0.15) is 0 Å². The van der Waals surface area contributed by atoms with E-state index in [0.717, 1.165) is 19.4 Å². The summed E-state index contributed by atoms with van der Waals surface area (Å²) < 4.78 is 5.73. The molecule has 0 unspecified atom stereocenters. The Labute approximate surface area is 175 Å². The Morgan fingerprint density at radius 3 is 2.66 bits per heavy atom. The van der Waals surface area contributed by atoms with Crippen LogP contribution in [-0.2, 0) is 6.54 Å². The van der Waals surface area contributed by atoms with Gasteiger partial charge in [-0.25, -0.2) is 9.78 Å². The second kappa shape index (κ2) is 12.5. The summed E-state index contributed by atoms with van der Waals surface area (Å²) in [4.78, 5) is 18.8. The molecule has 2 amide bonds. The quantitative estimate of drug-likeness (QED) is 0.511. The number of piperidine rings is 1. The first kappa shape index (κ1) is 21.6. The molecule has 2 heterocycles. The summed E-state index contributed by atoms with van der Waals surface area (Å²) in [5.41, 5.74) is 1.25. The van der Waals surface area contributed by atoms with Crippen molar-refractivity contribution >= 4 is 6.03 Å². The van der Waals surface area contributed by atoms with E-state index in [9.17, 15) is 4.79 Å². The number of amides is 2. The van der Waals surface area contributed by atoms with Crippen molar-refractivity contribution in [1.82, 2.24) is 20.5 Å². The van der Waals surface area contributed by atoms with Gasteiger partial charge in [0.1, 0.15) is 6.61 Å². The fourth-order valence-corrected chi connectivity index (χ4v) is 4.10. The Bertz CT molecular complexity index is 636. The van der Waals surface area contributed by atoms with E-state index in [1.54, 1.807) is 0 Å². The van der Waals surface area contributed by atoms with Crippen LogP contribution in [0.2, 0.25) is 0 Å². The monoisotopic (exact) mass is 400 g/mol. The first-order valence-corrected chi connectivity index (χ1v) is 11.3. The van der Waals surface area contributed by atoms with E-state index in [-0.39, 0.29) is 6.03 Å². The SMILES string of the molecule is O=C(NC/C=C\COc1cc(CN2CCCCC2)ccn1)NC1CCCCCC1. The van der Waals surface area contributed by atoms with E-state index in [4.69, 9.17) is 4.74 Å². The van der Waals surface area contributed by atoms with Crippen molar-refractivity contribution in [3.05, 3.63) is 36.0 Å². The van der Waals surface area contributed by atoms with Crippen LogP contribution in [0, 0.1) is 0 Å². The number of ether oxygens (including phenoxy) is 1. The van der Waals surface area contributed by atoms with Crippen LogP contribution in [0.5, 0.6) is 5.88 Å². The molecule has 2 N–H and O–H groups in total. The van der Waals surface area contributed by atoms with E-state index < -0.39 is 0 Å². The predicted octanol–water partition coefficient (Wildman–Crippen LogP) is 4.02. The summed E-state index contributed by atoms with van der Waals surface area (Å²) >= 11 is 0.